The van der Waals surface area contributed by atoms with Gasteiger partial charge in [0.1, 0.15) is 10.6 Å². The number of aromatic nitrogens is 2. The molecule has 0 aliphatic rings. The zero-order valence-electron chi connectivity index (χ0n) is 19.6. The average molecular weight is 496 g/mol. The molecule has 5 nitrogen and oxygen atoms in total. The van der Waals surface area contributed by atoms with E-state index in [9.17, 15) is 14.0 Å². The molecule has 0 radical (unpaired) electrons. The third-order valence-electron chi connectivity index (χ3n) is 5.58. The van der Waals surface area contributed by atoms with Crippen LogP contribution in [0.15, 0.2) is 52.4 Å². The molecular formula is C26H26FN3O2S2. The van der Waals surface area contributed by atoms with E-state index in [-0.39, 0.29) is 23.0 Å². The highest BCUT2D eigenvalue weighted by Gasteiger charge is 2.20. The van der Waals surface area contributed by atoms with Crippen LogP contribution in [0.25, 0.3) is 15.9 Å². The number of halogens is 1. The van der Waals surface area contributed by atoms with Crippen molar-refractivity contribution in [2.45, 2.75) is 45.7 Å². The summed E-state index contributed by atoms with van der Waals surface area (Å²) < 4.78 is 15.0. The zero-order valence-corrected chi connectivity index (χ0v) is 21.2. The molecule has 4 rings (SSSR count). The first-order chi connectivity index (χ1) is 16.3. The lowest BCUT2D eigenvalue weighted by Crippen LogP contribution is -2.23. The number of anilines is 1. The number of benzene rings is 2. The number of carbonyl (C=O) groups excluding carboxylic acids is 1. The summed E-state index contributed by atoms with van der Waals surface area (Å²) in [5.74, 6) is -0.491. The van der Waals surface area contributed by atoms with E-state index in [1.165, 1.54) is 39.8 Å². The second-order valence-electron chi connectivity index (χ2n) is 8.25. The molecule has 0 aliphatic carbocycles. The number of hydrogen-bond acceptors (Lipinski definition) is 5. The summed E-state index contributed by atoms with van der Waals surface area (Å²) in [4.78, 5) is 32.9. The number of hydrogen-bond donors (Lipinski definition) is 1. The van der Waals surface area contributed by atoms with Gasteiger partial charge < -0.3 is 5.32 Å². The van der Waals surface area contributed by atoms with Crippen LogP contribution in [0.1, 0.15) is 34.9 Å². The van der Waals surface area contributed by atoms with Gasteiger partial charge in [-0.3, -0.25) is 14.2 Å². The molecule has 2 heterocycles. The van der Waals surface area contributed by atoms with Gasteiger partial charge in [0, 0.05) is 10.6 Å². The molecule has 0 bridgehead atoms. The third kappa shape index (κ3) is 4.93. The van der Waals surface area contributed by atoms with Gasteiger partial charge in [0.05, 0.1) is 16.8 Å². The molecule has 0 saturated carbocycles. The van der Waals surface area contributed by atoms with Gasteiger partial charge in [-0.25, -0.2) is 9.37 Å². The van der Waals surface area contributed by atoms with E-state index in [0.29, 0.717) is 21.1 Å². The third-order valence-corrected chi connectivity index (χ3v) is 7.77. The predicted octanol–water partition coefficient (Wildman–Crippen LogP) is 6.19. The number of thiophene rings is 1. The van der Waals surface area contributed by atoms with Crippen LogP contribution in [0, 0.1) is 26.6 Å². The maximum Gasteiger partial charge on any atom is 0.267 e. The maximum absolute atomic E-state index is 13.6. The monoisotopic (exact) mass is 495 g/mol. The average Bonchev–Trinajstić information content (AvgIpc) is 3.11. The number of carbonyl (C=O) groups is 1. The van der Waals surface area contributed by atoms with Gasteiger partial charge in [0.25, 0.3) is 5.56 Å². The van der Waals surface area contributed by atoms with Crippen molar-refractivity contribution in [2.24, 2.45) is 0 Å². The lowest BCUT2D eigenvalue weighted by Gasteiger charge is -2.13. The van der Waals surface area contributed by atoms with E-state index in [1.54, 1.807) is 12.1 Å². The smallest absolute Gasteiger partial charge is 0.267 e. The highest BCUT2D eigenvalue weighted by Crippen LogP contribution is 2.31. The molecular weight excluding hydrogens is 469 g/mol. The van der Waals surface area contributed by atoms with Crippen molar-refractivity contribution >= 4 is 44.9 Å². The summed E-state index contributed by atoms with van der Waals surface area (Å²) in [6.07, 6.45) is 1.85. The Balaban J connectivity index is 1.71. The number of aryl methyl sites for hydroxylation is 4. The molecule has 0 spiro atoms. The fraction of sp³-hybridized carbons (Fsp3) is 0.269. The van der Waals surface area contributed by atoms with Crippen molar-refractivity contribution in [3.63, 3.8) is 0 Å². The fourth-order valence-corrected chi connectivity index (χ4v) is 5.99. The topological polar surface area (TPSA) is 64.0 Å². The van der Waals surface area contributed by atoms with Crippen LogP contribution in [0.4, 0.5) is 10.1 Å². The summed E-state index contributed by atoms with van der Waals surface area (Å²) in [7, 11) is 0. The SMILES string of the molecule is CCCc1sc2nc(SCC(=O)Nc3ccc(C)cc3C)n(-c3ccc(F)cc3)c(=O)c2c1C. The molecule has 1 N–H and O–H groups in total. The van der Waals surface area contributed by atoms with Crippen LogP contribution in [0.2, 0.25) is 0 Å². The van der Waals surface area contributed by atoms with Crippen LogP contribution in [0.3, 0.4) is 0 Å². The molecule has 1 amide bonds. The van der Waals surface area contributed by atoms with Crippen molar-refractivity contribution < 1.29 is 9.18 Å². The van der Waals surface area contributed by atoms with E-state index in [1.807, 2.05) is 39.0 Å². The maximum atomic E-state index is 13.6. The number of rotatable bonds is 7. The summed E-state index contributed by atoms with van der Waals surface area (Å²) >= 11 is 2.72. The molecule has 2 aromatic heterocycles. The van der Waals surface area contributed by atoms with Crippen LogP contribution in [-0.4, -0.2) is 21.2 Å². The molecule has 34 heavy (non-hydrogen) atoms. The molecule has 0 aliphatic heterocycles. The largest absolute Gasteiger partial charge is 0.325 e. The number of nitrogens with zero attached hydrogens (tertiary/aromatic N) is 2. The van der Waals surface area contributed by atoms with Crippen molar-refractivity contribution in [3.05, 3.63) is 80.2 Å². The van der Waals surface area contributed by atoms with Gasteiger partial charge in [0.2, 0.25) is 5.91 Å². The van der Waals surface area contributed by atoms with E-state index < -0.39 is 0 Å². The van der Waals surface area contributed by atoms with Gasteiger partial charge in [-0.15, -0.1) is 11.3 Å². The lowest BCUT2D eigenvalue weighted by molar-refractivity contribution is -0.113. The van der Waals surface area contributed by atoms with Crippen LogP contribution in [0.5, 0.6) is 0 Å². The van der Waals surface area contributed by atoms with Crippen molar-refractivity contribution in [3.8, 4) is 5.69 Å². The Kier molecular flexibility index (Phi) is 7.19. The molecule has 176 valence electrons. The van der Waals surface area contributed by atoms with Gasteiger partial charge in [-0.1, -0.05) is 42.8 Å². The highest BCUT2D eigenvalue weighted by atomic mass is 32.2. The Labute approximate surface area is 206 Å². The Morgan fingerprint density at radius 1 is 1.15 bits per heavy atom. The molecule has 8 heteroatoms. The van der Waals surface area contributed by atoms with E-state index in [0.717, 1.165) is 40.1 Å². The van der Waals surface area contributed by atoms with Crippen LogP contribution in [-0.2, 0) is 11.2 Å². The highest BCUT2D eigenvalue weighted by molar-refractivity contribution is 7.99. The first-order valence-electron chi connectivity index (χ1n) is 11.1. The summed E-state index contributed by atoms with van der Waals surface area (Å²) in [5, 5.41) is 3.93. The second kappa shape index (κ2) is 10.1. The Hall–Kier alpha value is -2.97. The summed E-state index contributed by atoms with van der Waals surface area (Å²) in [5.41, 5.74) is 4.12. The molecule has 4 aromatic rings. The van der Waals surface area contributed by atoms with Gasteiger partial charge in [0.15, 0.2) is 5.16 Å². The Morgan fingerprint density at radius 3 is 2.56 bits per heavy atom. The lowest BCUT2D eigenvalue weighted by atomic mass is 10.1. The fourth-order valence-electron chi connectivity index (χ4n) is 3.86. The first kappa shape index (κ1) is 24.2. The Bertz CT molecular complexity index is 1420. The van der Waals surface area contributed by atoms with Crippen molar-refractivity contribution in [2.75, 3.05) is 11.1 Å². The number of amides is 1. The minimum atomic E-state index is -0.384. The Morgan fingerprint density at radius 2 is 1.88 bits per heavy atom. The molecule has 2 aromatic carbocycles. The second-order valence-corrected chi connectivity index (χ2v) is 10.3. The molecule has 0 saturated heterocycles. The minimum Gasteiger partial charge on any atom is -0.325 e. The first-order valence-corrected chi connectivity index (χ1v) is 12.9. The molecule has 0 fully saturated rings. The summed E-state index contributed by atoms with van der Waals surface area (Å²) in [6, 6.07) is 11.6. The van der Waals surface area contributed by atoms with E-state index in [4.69, 9.17) is 4.98 Å². The van der Waals surface area contributed by atoms with Gasteiger partial charge in [-0.2, -0.15) is 0 Å². The quantitative estimate of drug-likeness (QED) is 0.245. The number of thioether (sulfide) groups is 1. The predicted molar refractivity (Wildman–Crippen MR) is 139 cm³/mol. The van der Waals surface area contributed by atoms with Gasteiger partial charge >= 0.3 is 0 Å². The van der Waals surface area contributed by atoms with Crippen molar-refractivity contribution in [1.82, 2.24) is 9.55 Å². The molecule has 0 unspecified atom stereocenters. The van der Waals surface area contributed by atoms with Gasteiger partial charge in [-0.05, 0) is 68.7 Å². The minimum absolute atomic E-state index is 0.0820. The van der Waals surface area contributed by atoms with Crippen LogP contribution < -0.4 is 10.9 Å². The van der Waals surface area contributed by atoms with Crippen molar-refractivity contribution in [1.29, 1.82) is 0 Å². The summed E-state index contributed by atoms with van der Waals surface area (Å²) in [6.45, 7) is 8.00. The van der Waals surface area contributed by atoms with Crippen LogP contribution >= 0.6 is 23.1 Å². The molecule has 0 atom stereocenters. The number of nitrogens with one attached hydrogen (secondary N) is 1. The standard InChI is InChI=1S/C26H26FN3O2S2/c1-5-6-21-17(4)23-24(34-21)29-26(30(25(23)32)19-10-8-18(27)9-11-19)33-14-22(31)28-20-12-7-15(2)13-16(20)3/h7-13H,5-6,14H2,1-4H3,(H,28,31). The normalized spacial score (nSPS) is 11.2. The number of fused-ring (bicyclic) bond motifs is 1. The van der Waals surface area contributed by atoms with E-state index in [2.05, 4.69) is 12.2 Å². The zero-order chi connectivity index (χ0) is 24.4. The van der Waals surface area contributed by atoms with E-state index >= 15 is 0 Å².